The third kappa shape index (κ3) is 1.81. The van der Waals surface area contributed by atoms with Crippen LogP contribution in [0.2, 0.25) is 0 Å². The lowest BCUT2D eigenvalue weighted by atomic mass is 10.2. The first-order chi connectivity index (χ1) is 5.77. The molecule has 0 spiro atoms. The summed E-state index contributed by atoms with van der Waals surface area (Å²) >= 11 is 0. The van der Waals surface area contributed by atoms with E-state index >= 15 is 0 Å². The van der Waals surface area contributed by atoms with Crippen LogP contribution >= 0.6 is 0 Å². The maximum Gasteiger partial charge on any atom is 0.166 e. The van der Waals surface area contributed by atoms with E-state index < -0.39 is 0 Å². The molecule has 0 amide bonds. The van der Waals surface area contributed by atoms with Gasteiger partial charge in [-0.05, 0) is 12.1 Å². The van der Waals surface area contributed by atoms with Gasteiger partial charge in [-0.25, -0.2) is 0 Å². The van der Waals surface area contributed by atoms with Crippen molar-refractivity contribution < 1.29 is 9.59 Å². The predicted molar refractivity (Wildman–Crippen MR) is 45.0 cm³/mol. The van der Waals surface area contributed by atoms with E-state index in [0.717, 1.165) is 12.6 Å². The van der Waals surface area contributed by atoms with Crippen LogP contribution in [0.5, 0.6) is 0 Å². The van der Waals surface area contributed by atoms with Crippen LogP contribution in [-0.4, -0.2) is 17.1 Å². The normalized spacial score (nSPS) is 12.4. The van der Waals surface area contributed by atoms with Gasteiger partial charge in [0, 0.05) is 18.7 Å². The van der Waals surface area contributed by atoms with E-state index in [0.29, 0.717) is 12.2 Å². The SMILES string of the molecule is CC(C=O)Cn1cccc1C=O. The molecule has 1 aromatic rings. The van der Waals surface area contributed by atoms with Crippen LogP contribution in [0.4, 0.5) is 0 Å². The topological polar surface area (TPSA) is 39.1 Å². The van der Waals surface area contributed by atoms with E-state index in [9.17, 15) is 9.59 Å². The average molecular weight is 165 g/mol. The quantitative estimate of drug-likeness (QED) is 0.627. The van der Waals surface area contributed by atoms with Crippen molar-refractivity contribution in [2.45, 2.75) is 13.5 Å². The molecule has 0 aliphatic rings. The second-order valence-corrected chi connectivity index (χ2v) is 2.82. The Balaban J connectivity index is 2.73. The third-order valence-electron chi connectivity index (χ3n) is 1.70. The number of rotatable bonds is 4. The van der Waals surface area contributed by atoms with Gasteiger partial charge in [0.25, 0.3) is 0 Å². The van der Waals surface area contributed by atoms with Crippen molar-refractivity contribution in [2.75, 3.05) is 0 Å². The van der Waals surface area contributed by atoms with Gasteiger partial charge < -0.3 is 9.36 Å². The maximum atomic E-state index is 10.4. The molecule has 0 fully saturated rings. The predicted octanol–water partition coefficient (Wildman–Crippen LogP) is 1.14. The Hall–Kier alpha value is -1.38. The molecule has 0 aliphatic carbocycles. The van der Waals surface area contributed by atoms with Gasteiger partial charge >= 0.3 is 0 Å². The first-order valence-corrected chi connectivity index (χ1v) is 3.83. The fraction of sp³-hybridized carbons (Fsp3) is 0.333. The number of aromatic nitrogens is 1. The van der Waals surface area contributed by atoms with Gasteiger partial charge in [-0.2, -0.15) is 0 Å². The highest BCUT2D eigenvalue weighted by Crippen LogP contribution is 2.03. The molecular formula is C9H11NO2. The summed E-state index contributed by atoms with van der Waals surface area (Å²) in [7, 11) is 0. The van der Waals surface area contributed by atoms with Crippen LogP contribution < -0.4 is 0 Å². The first-order valence-electron chi connectivity index (χ1n) is 3.83. The molecule has 0 radical (unpaired) electrons. The van der Waals surface area contributed by atoms with E-state index in [1.165, 1.54) is 0 Å². The van der Waals surface area contributed by atoms with Crippen LogP contribution in [0.3, 0.4) is 0 Å². The summed E-state index contributed by atoms with van der Waals surface area (Å²) in [5, 5.41) is 0. The number of aldehydes is 2. The molecule has 3 nitrogen and oxygen atoms in total. The lowest BCUT2D eigenvalue weighted by Gasteiger charge is -2.06. The molecule has 1 rings (SSSR count). The molecule has 1 atom stereocenters. The Morgan fingerprint density at radius 1 is 1.58 bits per heavy atom. The molecule has 12 heavy (non-hydrogen) atoms. The van der Waals surface area contributed by atoms with E-state index in [1.54, 1.807) is 22.9 Å². The van der Waals surface area contributed by atoms with Crippen LogP contribution in [0.25, 0.3) is 0 Å². The fourth-order valence-electron chi connectivity index (χ4n) is 1.05. The van der Waals surface area contributed by atoms with Crippen molar-refractivity contribution >= 4 is 12.6 Å². The van der Waals surface area contributed by atoms with Gasteiger partial charge in [-0.1, -0.05) is 6.92 Å². The molecule has 64 valence electrons. The molecule has 0 bridgehead atoms. The third-order valence-corrected chi connectivity index (χ3v) is 1.70. The second-order valence-electron chi connectivity index (χ2n) is 2.82. The Morgan fingerprint density at radius 2 is 2.33 bits per heavy atom. The average Bonchev–Trinajstić information content (AvgIpc) is 2.51. The summed E-state index contributed by atoms with van der Waals surface area (Å²) in [6, 6.07) is 3.52. The molecule has 0 aliphatic heterocycles. The van der Waals surface area contributed by atoms with E-state index in [4.69, 9.17) is 0 Å². The molecule has 0 N–H and O–H groups in total. The number of carbonyl (C=O) groups is 2. The summed E-state index contributed by atoms with van der Waals surface area (Å²) in [5.41, 5.74) is 0.615. The number of hydrogen-bond donors (Lipinski definition) is 0. The van der Waals surface area contributed by atoms with Gasteiger partial charge in [0.1, 0.15) is 6.29 Å². The highest BCUT2D eigenvalue weighted by atomic mass is 16.1. The van der Waals surface area contributed by atoms with Crippen LogP contribution in [0.15, 0.2) is 18.3 Å². The maximum absolute atomic E-state index is 10.4. The molecule has 1 unspecified atom stereocenters. The molecular weight excluding hydrogens is 154 g/mol. The van der Waals surface area contributed by atoms with Crippen LogP contribution in [-0.2, 0) is 11.3 Å². The van der Waals surface area contributed by atoms with Crippen molar-refractivity contribution in [3.05, 3.63) is 24.0 Å². The number of carbonyl (C=O) groups excluding carboxylic acids is 2. The molecule has 1 aromatic heterocycles. The molecule has 0 saturated carbocycles. The second kappa shape index (κ2) is 3.85. The minimum Gasteiger partial charge on any atom is -0.345 e. The van der Waals surface area contributed by atoms with Gasteiger partial charge in [0.05, 0.1) is 5.69 Å². The van der Waals surface area contributed by atoms with Crippen molar-refractivity contribution in [2.24, 2.45) is 5.92 Å². The fourth-order valence-corrected chi connectivity index (χ4v) is 1.05. The Labute approximate surface area is 71.0 Å². The van der Waals surface area contributed by atoms with Crippen molar-refractivity contribution in [3.63, 3.8) is 0 Å². The zero-order chi connectivity index (χ0) is 8.97. The highest BCUT2D eigenvalue weighted by Gasteiger charge is 2.03. The highest BCUT2D eigenvalue weighted by molar-refractivity contribution is 5.72. The monoisotopic (exact) mass is 165 g/mol. The minimum absolute atomic E-state index is 0.0453. The van der Waals surface area contributed by atoms with Gasteiger partial charge in [0.15, 0.2) is 6.29 Å². The van der Waals surface area contributed by atoms with E-state index in [2.05, 4.69) is 0 Å². The summed E-state index contributed by atoms with van der Waals surface area (Å²) in [5.74, 6) is -0.0453. The van der Waals surface area contributed by atoms with E-state index in [-0.39, 0.29) is 5.92 Å². The zero-order valence-electron chi connectivity index (χ0n) is 6.93. The Morgan fingerprint density at radius 3 is 2.92 bits per heavy atom. The van der Waals surface area contributed by atoms with Crippen LogP contribution in [0.1, 0.15) is 17.4 Å². The standard InChI is InChI=1S/C9H11NO2/c1-8(6-11)5-10-4-2-3-9(10)7-12/h2-4,6-8H,5H2,1H3. The summed E-state index contributed by atoms with van der Waals surface area (Å²) in [4.78, 5) is 20.8. The largest absolute Gasteiger partial charge is 0.345 e. The van der Waals surface area contributed by atoms with Crippen molar-refractivity contribution in [1.29, 1.82) is 0 Å². The summed E-state index contributed by atoms with van der Waals surface area (Å²) < 4.78 is 1.77. The van der Waals surface area contributed by atoms with Crippen molar-refractivity contribution in [1.82, 2.24) is 4.57 Å². The summed E-state index contributed by atoms with van der Waals surface area (Å²) in [6.45, 7) is 2.39. The van der Waals surface area contributed by atoms with Crippen LogP contribution in [0, 0.1) is 5.92 Å². The van der Waals surface area contributed by atoms with Gasteiger partial charge in [-0.15, -0.1) is 0 Å². The van der Waals surface area contributed by atoms with E-state index in [1.807, 2.05) is 6.92 Å². The first kappa shape index (κ1) is 8.71. The summed E-state index contributed by atoms with van der Waals surface area (Å²) in [6.07, 6.45) is 3.47. The number of hydrogen-bond acceptors (Lipinski definition) is 2. The lowest BCUT2D eigenvalue weighted by Crippen LogP contribution is -2.09. The molecule has 0 aromatic carbocycles. The number of nitrogens with zero attached hydrogens (tertiary/aromatic N) is 1. The minimum atomic E-state index is -0.0453. The van der Waals surface area contributed by atoms with Gasteiger partial charge in [0.2, 0.25) is 0 Å². The molecule has 3 heteroatoms. The Kier molecular flexibility index (Phi) is 2.80. The lowest BCUT2D eigenvalue weighted by molar-refractivity contribution is -0.111. The smallest absolute Gasteiger partial charge is 0.166 e. The Bertz CT molecular complexity index is 278. The molecule has 1 heterocycles. The van der Waals surface area contributed by atoms with Crippen molar-refractivity contribution in [3.8, 4) is 0 Å². The van der Waals surface area contributed by atoms with Gasteiger partial charge in [-0.3, -0.25) is 4.79 Å². The zero-order valence-corrected chi connectivity index (χ0v) is 6.93. The molecule has 0 saturated heterocycles.